The quantitative estimate of drug-likeness (QED) is 0.907. The largest absolute Gasteiger partial charge is 0.497 e. The lowest BCUT2D eigenvalue weighted by Crippen LogP contribution is -2.47. The van der Waals surface area contributed by atoms with Crippen molar-refractivity contribution in [1.29, 1.82) is 0 Å². The van der Waals surface area contributed by atoms with Gasteiger partial charge in [-0.05, 0) is 24.3 Å². The summed E-state index contributed by atoms with van der Waals surface area (Å²) in [6.45, 7) is 6.12. The van der Waals surface area contributed by atoms with Crippen LogP contribution in [0.4, 0.5) is 5.69 Å². The number of piperazine rings is 1. The Morgan fingerprint density at radius 3 is 2.00 bits per heavy atom. The molecule has 1 aliphatic rings. The Labute approximate surface area is 139 Å². The van der Waals surface area contributed by atoms with E-state index in [-0.39, 0.29) is 37.2 Å². The molecule has 1 saturated heterocycles. The summed E-state index contributed by atoms with van der Waals surface area (Å²) in [5.74, 6) is 0.913. The average molecular weight is 345 g/mol. The molecule has 118 valence electrons. The summed E-state index contributed by atoms with van der Waals surface area (Å²) in [6, 6.07) is 8.28. The van der Waals surface area contributed by atoms with E-state index in [9.17, 15) is 0 Å². The Morgan fingerprint density at radius 1 is 1.00 bits per heavy atom. The van der Waals surface area contributed by atoms with Crippen LogP contribution in [0.1, 0.15) is 0 Å². The maximum atomic E-state index is 5.57. The van der Waals surface area contributed by atoms with Crippen LogP contribution < -0.4 is 15.4 Å². The van der Waals surface area contributed by atoms with Crippen LogP contribution >= 0.6 is 37.2 Å². The number of halogens is 3. The Kier molecular flexibility index (Phi) is 12.4. The molecule has 1 aliphatic heterocycles. The molecular weight excluding hydrogens is 321 g/mol. The summed E-state index contributed by atoms with van der Waals surface area (Å²) < 4.78 is 5.16. The van der Waals surface area contributed by atoms with E-state index in [0.717, 1.165) is 45.0 Å². The van der Waals surface area contributed by atoms with Gasteiger partial charge in [-0.2, -0.15) is 0 Å². The van der Waals surface area contributed by atoms with Gasteiger partial charge >= 0.3 is 0 Å². The number of hydrogen-bond acceptors (Lipinski definition) is 4. The van der Waals surface area contributed by atoms with Crippen LogP contribution in [0.3, 0.4) is 0 Å². The second-order valence-electron chi connectivity index (χ2n) is 4.32. The third-order valence-electron chi connectivity index (χ3n) is 3.26. The predicted molar refractivity (Wildman–Crippen MR) is 92.4 cm³/mol. The first-order valence-electron chi connectivity index (χ1n) is 6.15. The maximum absolute atomic E-state index is 5.57. The van der Waals surface area contributed by atoms with Gasteiger partial charge in [-0.1, -0.05) is 0 Å². The summed E-state index contributed by atoms with van der Waals surface area (Å²) in [5.41, 5.74) is 6.84. The van der Waals surface area contributed by atoms with Gasteiger partial charge in [-0.3, -0.25) is 4.90 Å². The highest BCUT2D eigenvalue weighted by Gasteiger charge is 2.16. The zero-order chi connectivity index (χ0) is 12.1. The summed E-state index contributed by atoms with van der Waals surface area (Å²) >= 11 is 0. The van der Waals surface area contributed by atoms with Crippen molar-refractivity contribution in [2.75, 3.05) is 51.3 Å². The monoisotopic (exact) mass is 343 g/mol. The van der Waals surface area contributed by atoms with Gasteiger partial charge in [0.15, 0.2) is 0 Å². The van der Waals surface area contributed by atoms with Crippen LogP contribution in [-0.4, -0.2) is 51.3 Å². The van der Waals surface area contributed by atoms with Gasteiger partial charge in [-0.15, -0.1) is 37.2 Å². The van der Waals surface area contributed by atoms with E-state index in [1.165, 1.54) is 5.69 Å². The summed E-state index contributed by atoms with van der Waals surface area (Å²) in [4.78, 5) is 4.83. The number of methoxy groups -OCH3 is 1. The van der Waals surface area contributed by atoms with Gasteiger partial charge in [0.2, 0.25) is 0 Å². The van der Waals surface area contributed by atoms with Crippen molar-refractivity contribution in [3.8, 4) is 5.75 Å². The minimum Gasteiger partial charge on any atom is -0.497 e. The first-order chi connectivity index (χ1) is 8.33. The van der Waals surface area contributed by atoms with Crippen molar-refractivity contribution in [1.82, 2.24) is 4.90 Å². The first-order valence-corrected chi connectivity index (χ1v) is 6.15. The molecule has 20 heavy (non-hydrogen) atoms. The third kappa shape index (κ3) is 5.94. The molecule has 0 unspecified atom stereocenters. The lowest BCUT2D eigenvalue weighted by molar-refractivity contribution is 0.265. The third-order valence-corrected chi connectivity index (χ3v) is 3.26. The molecule has 2 rings (SSSR count). The maximum Gasteiger partial charge on any atom is 0.119 e. The van der Waals surface area contributed by atoms with E-state index in [0.29, 0.717) is 0 Å². The van der Waals surface area contributed by atoms with Crippen LogP contribution in [0.5, 0.6) is 5.75 Å². The molecule has 0 aliphatic carbocycles. The van der Waals surface area contributed by atoms with Crippen molar-refractivity contribution in [3.63, 3.8) is 0 Å². The molecule has 1 aromatic carbocycles. The van der Waals surface area contributed by atoms with Crippen LogP contribution in [-0.2, 0) is 0 Å². The lowest BCUT2D eigenvalue weighted by Gasteiger charge is -2.35. The average Bonchev–Trinajstić information content (AvgIpc) is 2.40. The van der Waals surface area contributed by atoms with Crippen LogP contribution in [0.15, 0.2) is 24.3 Å². The Bertz CT molecular complexity index is 343. The number of rotatable bonds is 4. The Morgan fingerprint density at radius 2 is 1.55 bits per heavy atom. The van der Waals surface area contributed by atoms with E-state index in [2.05, 4.69) is 21.9 Å². The van der Waals surface area contributed by atoms with E-state index >= 15 is 0 Å². The number of nitrogens with zero attached hydrogens (tertiary/aromatic N) is 2. The zero-order valence-electron chi connectivity index (χ0n) is 11.7. The fraction of sp³-hybridized carbons (Fsp3) is 0.538. The number of nitrogens with two attached hydrogens (primary N) is 1. The highest BCUT2D eigenvalue weighted by molar-refractivity contribution is 5.86. The second kappa shape index (κ2) is 11.3. The molecule has 0 amide bonds. The minimum atomic E-state index is 0. The van der Waals surface area contributed by atoms with Gasteiger partial charge in [0.1, 0.15) is 5.75 Å². The normalized spacial score (nSPS) is 14.6. The summed E-state index contributed by atoms with van der Waals surface area (Å²) in [7, 11) is 1.70. The molecule has 2 N–H and O–H groups in total. The zero-order valence-corrected chi connectivity index (χ0v) is 14.1. The topological polar surface area (TPSA) is 41.7 Å². The molecule has 1 fully saturated rings. The summed E-state index contributed by atoms with van der Waals surface area (Å²) in [6.07, 6.45) is 0. The molecule has 0 spiro atoms. The Hall–Kier alpha value is -0.390. The fourth-order valence-corrected chi connectivity index (χ4v) is 2.21. The number of hydrogen-bond donors (Lipinski definition) is 1. The van der Waals surface area contributed by atoms with Crippen LogP contribution in [0.2, 0.25) is 0 Å². The van der Waals surface area contributed by atoms with Crippen molar-refractivity contribution in [3.05, 3.63) is 24.3 Å². The first kappa shape index (κ1) is 21.9. The molecule has 0 radical (unpaired) electrons. The number of ether oxygens (including phenoxy) is 1. The van der Waals surface area contributed by atoms with Gasteiger partial charge < -0.3 is 15.4 Å². The van der Waals surface area contributed by atoms with Gasteiger partial charge in [0, 0.05) is 45.0 Å². The molecule has 0 bridgehead atoms. The van der Waals surface area contributed by atoms with Gasteiger partial charge in [-0.25, -0.2) is 0 Å². The van der Waals surface area contributed by atoms with Crippen LogP contribution in [0.25, 0.3) is 0 Å². The summed E-state index contributed by atoms with van der Waals surface area (Å²) in [5, 5.41) is 0. The highest BCUT2D eigenvalue weighted by Crippen LogP contribution is 2.20. The fourth-order valence-electron chi connectivity index (χ4n) is 2.21. The van der Waals surface area contributed by atoms with E-state index < -0.39 is 0 Å². The number of anilines is 1. The van der Waals surface area contributed by atoms with Crippen molar-refractivity contribution in [2.45, 2.75) is 0 Å². The predicted octanol–water partition coefficient (Wildman–Crippen LogP) is 2.04. The van der Waals surface area contributed by atoms with Crippen molar-refractivity contribution in [2.24, 2.45) is 5.73 Å². The van der Waals surface area contributed by atoms with Crippen molar-refractivity contribution < 1.29 is 4.74 Å². The minimum absolute atomic E-state index is 0. The second-order valence-corrected chi connectivity index (χ2v) is 4.32. The standard InChI is InChI=1S/C13H21N3O.3ClH/c1-17-13-4-2-12(3-5-13)16-10-8-15(7-6-14)9-11-16;;;/h2-5H,6-11,14H2,1H3;3*1H. The van der Waals surface area contributed by atoms with Crippen molar-refractivity contribution >= 4 is 42.9 Å². The number of benzene rings is 1. The smallest absolute Gasteiger partial charge is 0.119 e. The van der Waals surface area contributed by atoms with E-state index in [1.54, 1.807) is 7.11 Å². The highest BCUT2D eigenvalue weighted by atomic mass is 35.5. The molecular formula is C13H24Cl3N3O. The lowest BCUT2D eigenvalue weighted by atomic mass is 10.2. The van der Waals surface area contributed by atoms with E-state index in [1.807, 2.05) is 12.1 Å². The van der Waals surface area contributed by atoms with Crippen LogP contribution in [0, 0.1) is 0 Å². The molecule has 0 saturated carbocycles. The molecule has 1 aromatic rings. The molecule has 7 heteroatoms. The molecule has 0 aromatic heterocycles. The van der Waals surface area contributed by atoms with Gasteiger partial charge in [0.25, 0.3) is 0 Å². The van der Waals surface area contributed by atoms with Gasteiger partial charge in [0.05, 0.1) is 7.11 Å². The SMILES string of the molecule is COc1ccc(N2CCN(CCN)CC2)cc1.Cl.Cl.Cl. The molecule has 4 nitrogen and oxygen atoms in total. The molecule has 0 atom stereocenters. The van der Waals surface area contributed by atoms with E-state index in [4.69, 9.17) is 10.5 Å². The molecule has 1 heterocycles. The Balaban J connectivity index is 0.